The van der Waals surface area contributed by atoms with Gasteiger partial charge in [-0.1, -0.05) is 33.1 Å². The Morgan fingerprint density at radius 1 is 1.23 bits per heavy atom. The van der Waals surface area contributed by atoms with Gasteiger partial charge in [-0.15, -0.1) is 0 Å². The first-order valence-electron chi connectivity index (χ1n) is 10.1. The third kappa shape index (κ3) is 7.36. The van der Waals surface area contributed by atoms with Crippen LogP contribution >= 0.6 is 0 Å². The van der Waals surface area contributed by atoms with Crippen molar-refractivity contribution in [2.24, 2.45) is 10.9 Å². The minimum Gasteiger partial charge on any atom is -0.383 e. The Kier molecular flexibility index (Phi) is 11.0. The van der Waals surface area contributed by atoms with Crippen molar-refractivity contribution in [3.63, 3.8) is 0 Å². The molecule has 26 heavy (non-hydrogen) atoms. The highest BCUT2D eigenvalue weighted by Crippen LogP contribution is 2.14. The van der Waals surface area contributed by atoms with Gasteiger partial charge in [-0.05, 0) is 33.1 Å². The minimum absolute atomic E-state index is 0.645. The number of hydrogen-bond acceptors (Lipinski definition) is 3. The van der Waals surface area contributed by atoms with Gasteiger partial charge in [0.2, 0.25) is 0 Å². The van der Waals surface area contributed by atoms with E-state index in [0.717, 1.165) is 31.3 Å². The molecule has 6 nitrogen and oxygen atoms in total. The Morgan fingerprint density at radius 3 is 2.62 bits per heavy atom. The Bertz CT molecular complexity index is 539. The molecule has 2 N–H and O–H groups in total. The summed E-state index contributed by atoms with van der Waals surface area (Å²) in [5, 5.41) is 11.5. The number of rotatable bonds is 12. The van der Waals surface area contributed by atoms with Gasteiger partial charge >= 0.3 is 0 Å². The molecule has 0 aliphatic rings. The van der Waals surface area contributed by atoms with Gasteiger partial charge in [-0.3, -0.25) is 4.68 Å². The van der Waals surface area contributed by atoms with Crippen LogP contribution in [-0.4, -0.2) is 42.5 Å². The van der Waals surface area contributed by atoms with Crippen LogP contribution in [-0.2, 0) is 17.8 Å². The van der Waals surface area contributed by atoms with Crippen LogP contribution < -0.4 is 10.6 Å². The lowest BCUT2D eigenvalue weighted by molar-refractivity contribution is 0.182. The molecule has 0 saturated carbocycles. The number of methoxy groups -OCH3 is 1. The number of guanidine groups is 1. The molecule has 6 heteroatoms. The first-order chi connectivity index (χ1) is 12.6. The Balaban J connectivity index is 2.72. The number of aliphatic imine (C=N–C) groups is 1. The van der Waals surface area contributed by atoms with Gasteiger partial charge in [0.1, 0.15) is 0 Å². The second kappa shape index (κ2) is 12.7. The lowest BCUT2D eigenvalue weighted by Gasteiger charge is -2.18. The maximum Gasteiger partial charge on any atom is 0.191 e. The van der Waals surface area contributed by atoms with E-state index in [4.69, 9.17) is 9.73 Å². The molecule has 150 valence electrons. The van der Waals surface area contributed by atoms with Gasteiger partial charge in [0, 0.05) is 31.5 Å². The minimum atomic E-state index is 0.645. The van der Waals surface area contributed by atoms with E-state index in [1.54, 1.807) is 7.11 Å². The zero-order valence-corrected chi connectivity index (χ0v) is 17.7. The molecule has 0 fully saturated rings. The summed E-state index contributed by atoms with van der Waals surface area (Å²) in [5.41, 5.74) is 3.43. The first-order valence-corrected chi connectivity index (χ1v) is 10.1. The van der Waals surface area contributed by atoms with Gasteiger partial charge in [-0.2, -0.15) is 5.10 Å². The second-order valence-corrected chi connectivity index (χ2v) is 6.86. The van der Waals surface area contributed by atoms with Crippen molar-refractivity contribution in [1.82, 2.24) is 20.4 Å². The van der Waals surface area contributed by atoms with Crippen molar-refractivity contribution in [2.75, 3.05) is 26.8 Å². The Labute approximate surface area is 159 Å². The van der Waals surface area contributed by atoms with Crippen molar-refractivity contribution in [2.45, 2.75) is 73.4 Å². The van der Waals surface area contributed by atoms with Crippen molar-refractivity contribution in [1.29, 1.82) is 0 Å². The van der Waals surface area contributed by atoms with Gasteiger partial charge in [0.15, 0.2) is 5.96 Å². The number of aryl methyl sites for hydroxylation is 1. The molecule has 0 amide bonds. The molecule has 0 bridgehead atoms. The normalized spacial score (nSPS) is 13.1. The van der Waals surface area contributed by atoms with E-state index in [0.29, 0.717) is 19.1 Å². The molecule has 1 atom stereocenters. The molecule has 0 aliphatic heterocycles. The van der Waals surface area contributed by atoms with E-state index in [1.807, 2.05) is 4.68 Å². The Morgan fingerprint density at radius 2 is 2.00 bits per heavy atom. The number of hydrogen-bond donors (Lipinski definition) is 2. The summed E-state index contributed by atoms with van der Waals surface area (Å²) in [6.07, 6.45) is 5.05. The van der Waals surface area contributed by atoms with Crippen LogP contribution in [0.2, 0.25) is 0 Å². The number of aromatic nitrogens is 2. The molecule has 1 heterocycles. The van der Waals surface area contributed by atoms with Crippen molar-refractivity contribution in [3.8, 4) is 0 Å². The van der Waals surface area contributed by atoms with E-state index in [1.165, 1.54) is 36.9 Å². The average molecular weight is 366 g/mol. The summed E-state index contributed by atoms with van der Waals surface area (Å²) in [4.78, 5) is 4.80. The van der Waals surface area contributed by atoms with Crippen LogP contribution in [0.25, 0.3) is 0 Å². The maximum atomic E-state index is 5.16. The monoisotopic (exact) mass is 365 g/mol. The lowest BCUT2D eigenvalue weighted by atomic mass is 9.99. The molecule has 1 aromatic heterocycles. The topological polar surface area (TPSA) is 63.5 Å². The molecular formula is C20H39N5O. The van der Waals surface area contributed by atoms with E-state index >= 15 is 0 Å². The average Bonchev–Trinajstić information content (AvgIpc) is 2.91. The first kappa shape index (κ1) is 22.5. The zero-order chi connectivity index (χ0) is 19.4. The van der Waals surface area contributed by atoms with Crippen LogP contribution in [0.4, 0.5) is 0 Å². The molecule has 0 saturated heterocycles. The number of ether oxygens (including phenoxy) is 1. The molecule has 1 rings (SSSR count). The fraction of sp³-hybridized carbons (Fsp3) is 0.800. The van der Waals surface area contributed by atoms with Crippen LogP contribution in [0.5, 0.6) is 0 Å². The fourth-order valence-corrected chi connectivity index (χ4v) is 3.04. The van der Waals surface area contributed by atoms with Crippen molar-refractivity contribution < 1.29 is 4.74 Å². The molecule has 1 unspecified atom stereocenters. The SMILES string of the molecule is CCCCC(CC)CNC(=NCc1c(C)nn(CCOC)c1C)NCC. The summed E-state index contributed by atoms with van der Waals surface area (Å²) in [6, 6.07) is 0. The second-order valence-electron chi connectivity index (χ2n) is 6.86. The number of nitrogens with one attached hydrogen (secondary N) is 2. The van der Waals surface area contributed by atoms with Crippen molar-refractivity contribution in [3.05, 3.63) is 17.0 Å². The standard InChI is InChI=1S/C20H39N5O/c1-7-10-11-18(8-2)14-22-20(21-9-3)23-15-19-16(4)24-25(17(19)5)12-13-26-6/h18H,7-15H2,1-6H3,(H2,21,22,23). The number of unbranched alkanes of at least 4 members (excludes halogenated alkanes) is 1. The summed E-state index contributed by atoms with van der Waals surface area (Å²) in [5.74, 6) is 1.60. The highest BCUT2D eigenvalue weighted by Gasteiger charge is 2.12. The maximum absolute atomic E-state index is 5.16. The smallest absolute Gasteiger partial charge is 0.191 e. The molecule has 0 aliphatic carbocycles. The van der Waals surface area contributed by atoms with E-state index < -0.39 is 0 Å². The van der Waals surface area contributed by atoms with Crippen LogP contribution in [0.15, 0.2) is 4.99 Å². The van der Waals surface area contributed by atoms with Crippen LogP contribution in [0, 0.1) is 19.8 Å². The highest BCUT2D eigenvalue weighted by atomic mass is 16.5. The van der Waals surface area contributed by atoms with E-state index in [2.05, 4.69) is 50.4 Å². The highest BCUT2D eigenvalue weighted by molar-refractivity contribution is 5.79. The Hall–Kier alpha value is -1.56. The molecule has 0 aromatic carbocycles. The quantitative estimate of drug-likeness (QED) is 0.440. The summed E-state index contributed by atoms with van der Waals surface area (Å²) < 4.78 is 7.18. The molecule has 0 spiro atoms. The van der Waals surface area contributed by atoms with E-state index in [9.17, 15) is 0 Å². The predicted octanol–water partition coefficient (Wildman–Crippen LogP) is 3.42. The van der Waals surface area contributed by atoms with Crippen LogP contribution in [0.3, 0.4) is 0 Å². The largest absolute Gasteiger partial charge is 0.383 e. The fourth-order valence-electron chi connectivity index (χ4n) is 3.04. The lowest BCUT2D eigenvalue weighted by Crippen LogP contribution is -2.39. The van der Waals surface area contributed by atoms with Gasteiger partial charge in [-0.25, -0.2) is 4.99 Å². The third-order valence-corrected chi connectivity index (χ3v) is 4.88. The zero-order valence-electron chi connectivity index (χ0n) is 17.7. The number of nitrogens with zero attached hydrogens (tertiary/aromatic N) is 3. The molecule has 0 radical (unpaired) electrons. The van der Waals surface area contributed by atoms with Gasteiger partial charge in [0.25, 0.3) is 0 Å². The van der Waals surface area contributed by atoms with Gasteiger partial charge < -0.3 is 15.4 Å². The van der Waals surface area contributed by atoms with Gasteiger partial charge in [0.05, 0.1) is 25.4 Å². The predicted molar refractivity (Wildman–Crippen MR) is 110 cm³/mol. The molecular weight excluding hydrogens is 326 g/mol. The summed E-state index contributed by atoms with van der Waals surface area (Å²) in [6.45, 7) is 14.7. The summed E-state index contributed by atoms with van der Waals surface area (Å²) in [7, 11) is 1.72. The summed E-state index contributed by atoms with van der Waals surface area (Å²) >= 11 is 0. The van der Waals surface area contributed by atoms with Crippen LogP contribution in [0.1, 0.15) is 63.4 Å². The van der Waals surface area contributed by atoms with Crippen molar-refractivity contribution >= 4 is 5.96 Å². The van der Waals surface area contributed by atoms with E-state index in [-0.39, 0.29) is 0 Å². The molecule has 1 aromatic rings. The third-order valence-electron chi connectivity index (χ3n) is 4.88.